The van der Waals surface area contributed by atoms with E-state index >= 15 is 0 Å². The van der Waals surface area contributed by atoms with E-state index in [9.17, 15) is 4.79 Å². The largest absolute Gasteiger partial charge is 0.461 e. The van der Waals surface area contributed by atoms with Crippen LogP contribution < -0.4 is 5.73 Å². The number of anilines is 1. The fourth-order valence-corrected chi connectivity index (χ4v) is 1.82. The van der Waals surface area contributed by atoms with Crippen LogP contribution in [0.15, 0.2) is 18.2 Å². The van der Waals surface area contributed by atoms with Crippen LogP contribution in [0.1, 0.15) is 22.8 Å². The molecule has 4 heteroatoms. The second kappa shape index (κ2) is 6.43. The van der Waals surface area contributed by atoms with Crippen molar-refractivity contribution in [2.45, 2.75) is 13.8 Å². The normalized spacial score (nSPS) is 10.1. The molecule has 1 rings (SSSR count). The highest BCUT2D eigenvalue weighted by molar-refractivity contribution is 7.99. The molecule has 0 saturated heterocycles. The highest BCUT2D eigenvalue weighted by Crippen LogP contribution is 2.13. The molecule has 0 heterocycles. The molecule has 0 aliphatic carbocycles. The Morgan fingerprint density at radius 2 is 2.25 bits per heavy atom. The molecule has 0 spiro atoms. The molecule has 0 aliphatic rings. The molecule has 88 valence electrons. The first-order chi connectivity index (χ1) is 7.65. The standard InChI is InChI=1S/C12H17NO2S/c1-3-16-7-6-15-12(14)11-5-4-10(13)8-9(11)2/h4-5,8H,3,6-7,13H2,1-2H3. The van der Waals surface area contributed by atoms with Crippen molar-refractivity contribution in [2.24, 2.45) is 0 Å². The zero-order valence-corrected chi connectivity index (χ0v) is 10.5. The Balaban J connectivity index is 2.53. The summed E-state index contributed by atoms with van der Waals surface area (Å²) >= 11 is 1.75. The smallest absolute Gasteiger partial charge is 0.338 e. The van der Waals surface area contributed by atoms with Crippen LogP contribution >= 0.6 is 11.8 Å². The average Bonchev–Trinajstić information content (AvgIpc) is 2.24. The van der Waals surface area contributed by atoms with Gasteiger partial charge in [-0.15, -0.1) is 0 Å². The van der Waals surface area contributed by atoms with E-state index in [0.29, 0.717) is 17.9 Å². The minimum atomic E-state index is -0.269. The predicted octanol–water partition coefficient (Wildman–Crippen LogP) is 2.49. The van der Waals surface area contributed by atoms with Gasteiger partial charge >= 0.3 is 5.97 Å². The number of carbonyl (C=O) groups excluding carboxylic acids is 1. The van der Waals surface area contributed by atoms with E-state index in [1.807, 2.05) is 6.92 Å². The number of hydrogen-bond acceptors (Lipinski definition) is 4. The summed E-state index contributed by atoms with van der Waals surface area (Å²) in [5.41, 5.74) is 7.72. The number of aryl methyl sites for hydroxylation is 1. The van der Waals surface area contributed by atoms with Crippen LogP contribution in [0.3, 0.4) is 0 Å². The molecule has 0 aliphatic heterocycles. The lowest BCUT2D eigenvalue weighted by atomic mass is 10.1. The van der Waals surface area contributed by atoms with Gasteiger partial charge in [-0.3, -0.25) is 0 Å². The van der Waals surface area contributed by atoms with Gasteiger partial charge in [-0.05, 0) is 36.4 Å². The molecule has 1 aromatic rings. The van der Waals surface area contributed by atoms with Gasteiger partial charge in [0.1, 0.15) is 6.61 Å². The van der Waals surface area contributed by atoms with E-state index in [4.69, 9.17) is 10.5 Å². The second-order valence-corrected chi connectivity index (χ2v) is 4.80. The van der Waals surface area contributed by atoms with Crippen LogP contribution in [0.2, 0.25) is 0 Å². The molecule has 3 nitrogen and oxygen atoms in total. The number of carbonyl (C=O) groups is 1. The fourth-order valence-electron chi connectivity index (χ4n) is 1.33. The van der Waals surface area contributed by atoms with Gasteiger partial charge in [0, 0.05) is 11.4 Å². The Hall–Kier alpha value is -1.16. The maximum atomic E-state index is 11.7. The molecule has 1 aromatic carbocycles. The summed E-state index contributed by atoms with van der Waals surface area (Å²) in [7, 11) is 0. The van der Waals surface area contributed by atoms with Crippen molar-refractivity contribution < 1.29 is 9.53 Å². The number of ether oxygens (including phenoxy) is 1. The predicted molar refractivity (Wildman–Crippen MR) is 68.9 cm³/mol. The number of nitrogens with two attached hydrogens (primary N) is 1. The van der Waals surface area contributed by atoms with E-state index in [0.717, 1.165) is 17.1 Å². The summed E-state index contributed by atoms with van der Waals surface area (Å²) in [5, 5.41) is 0. The number of benzene rings is 1. The fraction of sp³-hybridized carbons (Fsp3) is 0.417. The summed E-state index contributed by atoms with van der Waals surface area (Å²) in [5.74, 6) is 1.61. The van der Waals surface area contributed by atoms with Crippen molar-refractivity contribution in [2.75, 3.05) is 23.8 Å². The number of thioether (sulfide) groups is 1. The third-order valence-corrected chi connectivity index (χ3v) is 3.00. The van der Waals surface area contributed by atoms with Crippen LogP contribution in [-0.4, -0.2) is 24.1 Å². The van der Waals surface area contributed by atoms with Gasteiger partial charge in [-0.25, -0.2) is 4.79 Å². The van der Waals surface area contributed by atoms with Gasteiger partial charge in [0.15, 0.2) is 0 Å². The Morgan fingerprint density at radius 3 is 2.88 bits per heavy atom. The zero-order chi connectivity index (χ0) is 12.0. The number of rotatable bonds is 5. The maximum absolute atomic E-state index is 11.7. The minimum absolute atomic E-state index is 0.269. The molecule has 0 bridgehead atoms. The van der Waals surface area contributed by atoms with Crippen LogP contribution in [0.5, 0.6) is 0 Å². The molecule has 16 heavy (non-hydrogen) atoms. The monoisotopic (exact) mass is 239 g/mol. The van der Waals surface area contributed by atoms with Crippen LogP contribution in [0, 0.1) is 6.92 Å². The van der Waals surface area contributed by atoms with Gasteiger partial charge in [0.25, 0.3) is 0 Å². The highest BCUT2D eigenvalue weighted by Gasteiger charge is 2.09. The lowest BCUT2D eigenvalue weighted by Crippen LogP contribution is -2.09. The van der Waals surface area contributed by atoms with Crippen LogP contribution in [0.25, 0.3) is 0 Å². The molecule has 0 saturated carbocycles. The van der Waals surface area contributed by atoms with E-state index in [1.54, 1.807) is 30.0 Å². The Morgan fingerprint density at radius 1 is 1.50 bits per heavy atom. The summed E-state index contributed by atoms with van der Waals surface area (Å²) in [6.07, 6.45) is 0. The van der Waals surface area contributed by atoms with Gasteiger partial charge in [0.2, 0.25) is 0 Å². The molecule has 0 radical (unpaired) electrons. The highest BCUT2D eigenvalue weighted by atomic mass is 32.2. The van der Waals surface area contributed by atoms with Crippen molar-refractivity contribution in [1.29, 1.82) is 0 Å². The van der Waals surface area contributed by atoms with Crippen molar-refractivity contribution in [1.82, 2.24) is 0 Å². The third kappa shape index (κ3) is 3.77. The first-order valence-electron chi connectivity index (χ1n) is 5.26. The van der Waals surface area contributed by atoms with E-state index in [1.165, 1.54) is 0 Å². The van der Waals surface area contributed by atoms with Crippen molar-refractivity contribution >= 4 is 23.4 Å². The van der Waals surface area contributed by atoms with Gasteiger partial charge in [0.05, 0.1) is 5.56 Å². The molecule has 0 fully saturated rings. The lowest BCUT2D eigenvalue weighted by molar-refractivity contribution is 0.0529. The van der Waals surface area contributed by atoms with E-state index < -0.39 is 0 Å². The van der Waals surface area contributed by atoms with E-state index in [-0.39, 0.29) is 5.97 Å². The maximum Gasteiger partial charge on any atom is 0.338 e. The molecule has 0 amide bonds. The molecular weight excluding hydrogens is 222 g/mol. The molecule has 0 unspecified atom stereocenters. The number of esters is 1. The van der Waals surface area contributed by atoms with Gasteiger partial charge < -0.3 is 10.5 Å². The Bertz CT molecular complexity index is 366. The molecular formula is C12H17NO2S. The van der Waals surface area contributed by atoms with Crippen molar-refractivity contribution in [3.05, 3.63) is 29.3 Å². The summed E-state index contributed by atoms with van der Waals surface area (Å²) in [6.45, 7) is 4.39. The van der Waals surface area contributed by atoms with Crippen LogP contribution in [0.4, 0.5) is 5.69 Å². The molecule has 2 N–H and O–H groups in total. The average molecular weight is 239 g/mol. The summed E-state index contributed by atoms with van der Waals surface area (Å²) in [6, 6.07) is 5.20. The second-order valence-electron chi connectivity index (χ2n) is 3.41. The van der Waals surface area contributed by atoms with E-state index in [2.05, 4.69) is 6.92 Å². The minimum Gasteiger partial charge on any atom is -0.461 e. The SMILES string of the molecule is CCSCCOC(=O)c1ccc(N)cc1C. The first-order valence-corrected chi connectivity index (χ1v) is 6.41. The summed E-state index contributed by atoms with van der Waals surface area (Å²) < 4.78 is 5.15. The molecule has 0 aromatic heterocycles. The Kier molecular flexibility index (Phi) is 5.19. The van der Waals surface area contributed by atoms with Crippen molar-refractivity contribution in [3.63, 3.8) is 0 Å². The van der Waals surface area contributed by atoms with Gasteiger partial charge in [-0.2, -0.15) is 11.8 Å². The Labute approximate surface area is 100 Å². The van der Waals surface area contributed by atoms with Gasteiger partial charge in [-0.1, -0.05) is 6.92 Å². The lowest BCUT2D eigenvalue weighted by Gasteiger charge is -2.07. The zero-order valence-electron chi connectivity index (χ0n) is 9.66. The third-order valence-electron chi connectivity index (χ3n) is 2.14. The quantitative estimate of drug-likeness (QED) is 0.487. The number of hydrogen-bond donors (Lipinski definition) is 1. The van der Waals surface area contributed by atoms with Crippen molar-refractivity contribution in [3.8, 4) is 0 Å². The first kappa shape index (κ1) is 12.9. The van der Waals surface area contributed by atoms with Crippen LogP contribution in [-0.2, 0) is 4.74 Å². The summed E-state index contributed by atoms with van der Waals surface area (Å²) in [4.78, 5) is 11.7. The molecule has 0 atom stereocenters. The topological polar surface area (TPSA) is 52.3 Å². The number of nitrogen functional groups attached to an aromatic ring is 1.